The molecule has 18 heavy (non-hydrogen) atoms. The van der Waals surface area contributed by atoms with Crippen LogP contribution in [0.2, 0.25) is 0 Å². The predicted molar refractivity (Wildman–Crippen MR) is 76.5 cm³/mol. The van der Waals surface area contributed by atoms with Crippen LogP contribution in [0.4, 0.5) is 0 Å². The van der Waals surface area contributed by atoms with Gasteiger partial charge in [0.2, 0.25) is 10.0 Å². The normalized spacial score (nSPS) is 16.8. The van der Waals surface area contributed by atoms with Crippen LogP contribution >= 0.6 is 15.9 Å². The summed E-state index contributed by atoms with van der Waals surface area (Å²) in [7, 11) is -3.35. The Labute approximate surface area is 117 Å². The zero-order chi connectivity index (χ0) is 13.2. The van der Waals surface area contributed by atoms with E-state index in [1.165, 1.54) is 0 Å². The van der Waals surface area contributed by atoms with Crippen LogP contribution in [-0.4, -0.2) is 30.6 Å². The third-order valence-corrected chi connectivity index (χ3v) is 5.93. The molecule has 1 fully saturated rings. The Kier molecular flexibility index (Phi) is 4.45. The fraction of sp³-hybridized carbons (Fsp3) is 0.538. The lowest BCUT2D eigenvalue weighted by Crippen LogP contribution is -2.45. The fourth-order valence-corrected chi connectivity index (χ4v) is 4.76. The standard InChI is InChI=1S/C13H18BrNO2S/c1-11-5-2-3-8-13(11)18(16,17)15(10-9-14)12-6-4-7-12/h2-3,5,8,12H,4,6-7,9-10H2,1H3. The number of benzene rings is 1. The number of rotatable bonds is 5. The van der Waals surface area contributed by atoms with E-state index in [1.54, 1.807) is 16.4 Å². The number of sulfonamides is 1. The second-order valence-electron chi connectivity index (χ2n) is 4.65. The summed E-state index contributed by atoms with van der Waals surface area (Å²) in [4.78, 5) is 0.442. The van der Waals surface area contributed by atoms with Gasteiger partial charge in [-0.05, 0) is 31.4 Å². The lowest BCUT2D eigenvalue weighted by atomic mass is 9.93. The smallest absolute Gasteiger partial charge is 0.207 e. The number of aryl methyl sites for hydroxylation is 1. The van der Waals surface area contributed by atoms with E-state index in [9.17, 15) is 8.42 Å². The number of hydrogen-bond acceptors (Lipinski definition) is 2. The van der Waals surface area contributed by atoms with Gasteiger partial charge < -0.3 is 0 Å². The van der Waals surface area contributed by atoms with E-state index in [4.69, 9.17) is 0 Å². The van der Waals surface area contributed by atoms with Gasteiger partial charge in [-0.25, -0.2) is 8.42 Å². The Hall–Kier alpha value is -0.390. The Morgan fingerprint density at radius 3 is 2.50 bits per heavy atom. The summed E-state index contributed by atoms with van der Waals surface area (Å²) in [5.74, 6) is 0. The Balaban J connectivity index is 2.36. The van der Waals surface area contributed by atoms with Crippen LogP contribution in [0.15, 0.2) is 29.2 Å². The number of nitrogens with zero attached hydrogens (tertiary/aromatic N) is 1. The Morgan fingerprint density at radius 1 is 1.33 bits per heavy atom. The molecule has 0 saturated heterocycles. The zero-order valence-corrected chi connectivity index (χ0v) is 12.9. The highest BCUT2D eigenvalue weighted by Crippen LogP contribution is 2.30. The Morgan fingerprint density at radius 2 is 2.00 bits per heavy atom. The average Bonchev–Trinajstić information content (AvgIpc) is 2.26. The molecule has 1 saturated carbocycles. The summed E-state index contributed by atoms with van der Waals surface area (Å²) < 4.78 is 27.0. The number of hydrogen-bond donors (Lipinski definition) is 0. The molecule has 3 nitrogen and oxygen atoms in total. The quantitative estimate of drug-likeness (QED) is 0.778. The predicted octanol–water partition coefficient (Wildman–Crippen LogP) is 2.93. The van der Waals surface area contributed by atoms with Gasteiger partial charge >= 0.3 is 0 Å². The molecule has 0 N–H and O–H groups in total. The van der Waals surface area contributed by atoms with Gasteiger partial charge in [0, 0.05) is 17.9 Å². The van der Waals surface area contributed by atoms with Gasteiger partial charge in [-0.15, -0.1) is 0 Å². The summed E-state index contributed by atoms with van der Waals surface area (Å²) in [5, 5.41) is 0.675. The van der Waals surface area contributed by atoms with Crippen LogP contribution in [0, 0.1) is 6.92 Å². The highest BCUT2D eigenvalue weighted by molar-refractivity contribution is 9.09. The van der Waals surface area contributed by atoms with Crippen LogP contribution in [-0.2, 0) is 10.0 Å². The minimum Gasteiger partial charge on any atom is -0.207 e. The van der Waals surface area contributed by atoms with Gasteiger partial charge in [-0.3, -0.25) is 0 Å². The highest BCUT2D eigenvalue weighted by atomic mass is 79.9. The lowest BCUT2D eigenvalue weighted by Gasteiger charge is -2.36. The number of alkyl halides is 1. The maximum Gasteiger partial charge on any atom is 0.243 e. The Bertz CT molecular complexity index is 511. The third-order valence-electron chi connectivity index (χ3n) is 3.47. The van der Waals surface area contributed by atoms with Gasteiger partial charge in [0.1, 0.15) is 0 Å². The van der Waals surface area contributed by atoms with Crippen molar-refractivity contribution in [3.8, 4) is 0 Å². The molecule has 0 aliphatic heterocycles. The molecule has 0 unspecified atom stereocenters. The minimum atomic E-state index is -3.35. The molecule has 5 heteroatoms. The molecule has 2 rings (SSSR count). The zero-order valence-electron chi connectivity index (χ0n) is 10.5. The summed E-state index contributed by atoms with van der Waals surface area (Å²) in [5.41, 5.74) is 0.816. The summed E-state index contributed by atoms with van der Waals surface area (Å²) in [6.07, 6.45) is 3.10. The van der Waals surface area contributed by atoms with Crippen LogP contribution < -0.4 is 0 Å². The van der Waals surface area contributed by atoms with Gasteiger partial charge in [-0.2, -0.15) is 4.31 Å². The van der Waals surface area contributed by atoms with Crippen LogP contribution in [0.25, 0.3) is 0 Å². The molecule has 1 aromatic carbocycles. The van der Waals surface area contributed by atoms with E-state index in [0.717, 1.165) is 24.8 Å². The topological polar surface area (TPSA) is 37.4 Å². The molecular weight excluding hydrogens is 314 g/mol. The van der Waals surface area contributed by atoms with Crippen molar-refractivity contribution < 1.29 is 8.42 Å². The molecule has 0 radical (unpaired) electrons. The minimum absolute atomic E-state index is 0.187. The molecule has 0 aromatic heterocycles. The van der Waals surface area contributed by atoms with Crippen LogP contribution in [0.5, 0.6) is 0 Å². The summed E-state index contributed by atoms with van der Waals surface area (Å²) >= 11 is 3.35. The molecule has 0 bridgehead atoms. The maximum absolute atomic E-state index is 12.7. The molecular formula is C13H18BrNO2S. The van der Waals surface area contributed by atoms with Gasteiger partial charge in [0.15, 0.2) is 0 Å². The van der Waals surface area contributed by atoms with Crippen molar-refractivity contribution in [2.24, 2.45) is 0 Å². The fourth-order valence-electron chi connectivity index (χ4n) is 2.23. The molecule has 100 valence electrons. The second kappa shape index (κ2) is 5.72. The monoisotopic (exact) mass is 331 g/mol. The van der Waals surface area contributed by atoms with Crippen molar-refractivity contribution in [3.05, 3.63) is 29.8 Å². The molecule has 0 spiro atoms. The van der Waals surface area contributed by atoms with Gasteiger partial charge in [0.25, 0.3) is 0 Å². The third kappa shape index (κ3) is 2.63. The van der Waals surface area contributed by atoms with E-state index in [-0.39, 0.29) is 6.04 Å². The van der Waals surface area contributed by atoms with Crippen molar-refractivity contribution >= 4 is 26.0 Å². The van der Waals surface area contributed by atoms with Crippen molar-refractivity contribution in [3.63, 3.8) is 0 Å². The molecule has 1 aliphatic carbocycles. The van der Waals surface area contributed by atoms with E-state index in [1.807, 2.05) is 19.1 Å². The highest BCUT2D eigenvalue weighted by Gasteiger charge is 2.34. The SMILES string of the molecule is Cc1ccccc1S(=O)(=O)N(CCBr)C1CCC1. The first-order valence-corrected chi connectivity index (χ1v) is 8.77. The van der Waals surface area contributed by atoms with Crippen molar-refractivity contribution in [2.45, 2.75) is 37.1 Å². The van der Waals surface area contributed by atoms with Gasteiger partial charge in [0.05, 0.1) is 4.90 Å². The maximum atomic E-state index is 12.7. The largest absolute Gasteiger partial charge is 0.243 e. The first-order chi connectivity index (χ1) is 8.57. The van der Waals surface area contributed by atoms with E-state index >= 15 is 0 Å². The van der Waals surface area contributed by atoms with E-state index in [2.05, 4.69) is 15.9 Å². The van der Waals surface area contributed by atoms with Crippen molar-refractivity contribution in [1.82, 2.24) is 4.31 Å². The van der Waals surface area contributed by atoms with Crippen LogP contribution in [0.1, 0.15) is 24.8 Å². The van der Waals surface area contributed by atoms with E-state index < -0.39 is 10.0 Å². The molecule has 0 heterocycles. The summed E-state index contributed by atoms with van der Waals surface area (Å²) in [6, 6.07) is 7.39. The number of halogens is 1. The first-order valence-electron chi connectivity index (χ1n) is 6.21. The molecule has 0 amide bonds. The van der Waals surface area contributed by atoms with Crippen molar-refractivity contribution in [2.75, 3.05) is 11.9 Å². The lowest BCUT2D eigenvalue weighted by molar-refractivity contribution is 0.228. The average molecular weight is 332 g/mol. The first kappa shape index (κ1) is 14.0. The van der Waals surface area contributed by atoms with Crippen LogP contribution in [0.3, 0.4) is 0 Å². The molecule has 1 aliphatic rings. The second-order valence-corrected chi connectivity index (χ2v) is 7.31. The molecule has 1 aromatic rings. The summed E-state index contributed by atoms with van der Waals surface area (Å²) in [6.45, 7) is 2.39. The molecule has 0 atom stereocenters. The van der Waals surface area contributed by atoms with Gasteiger partial charge in [-0.1, -0.05) is 40.5 Å². The van der Waals surface area contributed by atoms with Crippen molar-refractivity contribution in [1.29, 1.82) is 0 Å². The van der Waals surface area contributed by atoms with E-state index in [0.29, 0.717) is 16.8 Å².